The van der Waals surface area contributed by atoms with E-state index in [0.717, 1.165) is 46.0 Å². The Morgan fingerprint density at radius 1 is 0.781 bits per heavy atom. The summed E-state index contributed by atoms with van der Waals surface area (Å²) in [4.78, 5) is 58.6. The monoisotopic (exact) mass is 492 g/mol. The molecule has 0 saturated heterocycles. The van der Waals surface area contributed by atoms with Crippen LogP contribution in [-0.4, -0.2) is 71.2 Å². The summed E-state index contributed by atoms with van der Waals surface area (Å²) < 4.78 is 26.6. The van der Waals surface area contributed by atoms with Crippen LogP contribution in [0.4, 0.5) is 0 Å². The van der Waals surface area contributed by atoms with Crippen LogP contribution in [0.15, 0.2) is 4.34 Å². The molecule has 32 heavy (non-hydrogen) atoms. The van der Waals surface area contributed by atoms with E-state index < -0.39 is 60.9 Å². The number of hydrogen-bond donors (Lipinski definition) is 0. The molecule has 0 N–H and O–H groups in total. The van der Waals surface area contributed by atoms with E-state index in [2.05, 4.69) is 10.2 Å². The van der Waals surface area contributed by atoms with Crippen molar-refractivity contribution >= 4 is 52.9 Å². The molecule has 0 radical (unpaired) electrons. The fraction of sp³-hybridized carbons (Fsp3) is 0.611. The molecule has 0 aliphatic carbocycles. The van der Waals surface area contributed by atoms with Crippen molar-refractivity contribution in [3.8, 4) is 0 Å². The minimum Gasteiger partial charge on any atom is -0.462 e. The van der Waals surface area contributed by atoms with Crippen molar-refractivity contribution in [2.75, 3.05) is 12.9 Å². The van der Waals surface area contributed by atoms with Crippen LogP contribution < -0.4 is 0 Å². The molecule has 0 aliphatic heterocycles. The number of ether oxygens (including phenoxy) is 5. The van der Waals surface area contributed by atoms with Crippen LogP contribution in [0.2, 0.25) is 0 Å². The molecule has 0 aromatic carbocycles. The molecule has 1 aromatic rings. The first kappa shape index (κ1) is 27.3. The van der Waals surface area contributed by atoms with Crippen molar-refractivity contribution in [3.63, 3.8) is 0 Å². The molecule has 0 spiro atoms. The van der Waals surface area contributed by atoms with Gasteiger partial charge in [0, 0.05) is 34.6 Å². The van der Waals surface area contributed by atoms with Crippen LogP contribution in [0, 0.1) is 0 Å². The van der Waals surface area contributed by atoms with Crippen LogP contribution >= 0.6 is 23.1 Å². The maximum atomic E-state index is 11.9. The van der Waals surface area contributed by atoms with E-state index in [0.29, 0.717) is 4.34 Å². The molecule has 0 aliphatic rings. The predicted octanol–water partition coefficient (Wildman–Crippen LogP) is 1.22. The van der Waals surface area contributed by atoms with Gasteiger partial charge in [-0.3, -0.25) is 24.0 Å². The molecule has 0 fully saturated rings. The van der Waals surface area contributed by atoms with Gasteiger partial charge in [-0.15, -0.1) is 10.2 Å². The van der Waals surface area contributed by atoms with Crippen molar-refractivity contribution < 1.29 is 47.7 Å². The highest BCUT2D eigenvalue weighted by Gasteiger charge is 2.46. The minimum atomic E-state index is -1.52. The molecule has 14 heteroatoms. The van der Waals surface area contributed by atoms with Crippen LogP contribution in [0.3, 0.4) is 0 Å². The standard InChI is InChI=1S/C18H24N2O10S2/c1-8(21)26-7-13(27-9(2)22)14(28-10(3)23)15(29-11(4)24)16(30-12(5)25)17-19-20-18(31-6)32-17/h13-16H,7H2,1-6H3/t13-,14+,15+,16-/m1/s1. The smallest absolute Gasteiger partial charge is 0.303 e. The second kappa shape index (κ2) is 13.0. The first-order valence-electron chi connectivity index (χ1n) is 9.14. The maximum absolute atomic E-state index is 11.9. The maximum Gasteiger partial charge on any atom is 0.303 e. The lowest BCUT2D eigenvalue weighted by Crippen LogP contribution is -2.50. The zero-order valence-corrected chi connectivity index (χ0v) is 19.9. The summed E-state index contributed by atoms with van der Waals surface area (Å²) in [6.07, 6.45) is -4.04. The van der Waals surface area contributed by atoms with Crippen molar-refractivity contribution in [2.45, 2.75) is 63.4 Å². The third-order valence-corrected chi connectivity index (χ3v) is 5.45. The normalized spacial score (nSPS) is 14.3. The van der Waals surface area contributed by atoms with Crippen molar-refractivity contribution in [3.05, 3.63) is 5.01 Å². The van der Waals surface area contributed by atoms with Gasteiger partial charge in [0.15, 0.2) is 33.8 Å². The van der Waals surface area contributed by atoms with E-state index in [4.69, 9.17) is 23.7 Å². The van der Waals surface area contributed by atoms with Gasteiger partial charge in [0.1, 0.15) is 6.61 Å². The molecule has 1 rings (SSSR count). The van der Waals surface area contributed by atoms with Crippen LogP contribution in [0.25, 0.3) is 0 Å². The van der Waals surface area contributed by atoms with E-state index in [1.165, 1.54) is 11.8 Å². The van der Waals surface area contributed by atoms with Gasteiger partial charge >= 0.3 is 29.8 Å². The lowest BCUT2D eigenvalue weighted by Gasteiger charge is -2.34. The fourth-order valence-electron chi connectivity index (χ4n) is 2.50. The number of carbonyl (C=O) groups excluding carboxylic acids is 5. The van der Waals surface area contributed by atoms with Gasteiger partial charge in [-0.25, -0.2) is 0 Å². The van der Waals surface area contributed by atoms with E-state index in [1.807, 2.05) is 0 Å². The average molecular weight is 493 g/mol. The summed E-state index contributed by atoms with van der Waals surface area (Å²) in [5.74, 6) is -3.87. The molecule has 1 heterocycles. The van der Waals surface area contributed by atoms with Crippen LogP contribution in [0.1, 0.15) is 45.7 Å². The third kappa shape index (κ3) is 9.18. The summed E-state index contributed by atoms with van der Waals surface area (Å²) in [7, 11) is 0. The van der Waals surface area contributed by atoms with E-state index in [-0.39, 0.29) is 5.01 Å². The van der Waals surface area contributed by atoms with Gasteiger partial charge in [0.25, 0.3) is 0 Å². The number of carbonyl (C=O) groups is 5. The zero-order chi connectivity index (χ0) is 24.4. The molecule has 0 saturated carbocycles. The minimum absolute atomic E-state index is 0.141. The number of rotatable bonds is 11. The van der Waals surface area contributed by atoms with Gasteiger partial charge in [-0.1, -0.05) is 23.1 Å². The van der Waals surface area contributed by atoms with Gasteiger partial charge in [-0.2, -0.15) is 0 Å². The Hall–Kier alpha value is -2.74. The van der Waals surface area contributed by atoms with Gasteiger partial charge < -0.3 is 23.7 Å². The fourth-order valence-corrected chi connectivity index (χ4v) is 3.85. The number of nitrogens with zero attached hydrogens (tertiary/aromatic N) is 2. The molecular formula is C18H24N2O10S2. The Morgan fingerprint density at radius 2 is 1.31 bits per heavy atom. The zero-order valence-electron chi connectivity index (χ0n) is 18.3. The summed E-state index contributed by atoms with van der Waals surface area (Å²) in [6, 6.07) is 0. The molecule has 1 aromatic heterocycles. The first-order valence-corrected chi connectivity index (χ1v) is 11.2. The molecule has 0 bridgehead atoms. The van der Waals surface area contributed by atoms with Gasteiger partial charge in [0.05, 0.1) is 0 Å². The quantitative estimate of drug-likeness (QED) is 0.247. The Labute approximate surface area is 192 Å². The largest absolute Gasteiger partial charge is 0.462 e. The third-order valence-electron chi connectivity index (χ3n) is 3.49. The van der Waals surface area contributed by atoms with E-state index in [1.54, 1.807) is 6.26 Å². The van der Waals surface area contributed by atoms with Gasteiger partial charge in [-0.05, 0) is 6.26 Å². The average Bonchev–Trinajstić information content (AvgIpc) is 3.14. The van der Waals surface area contributed by atoms with Crippen LogP contribution in [-0.2, 0) is 47.7 Å². The lowest BCUT2D eigenvalue weighted by atomic mass is 10.0. The lowest BCUT2D eigenvalue weighted by molar-refractivity contribution is -0.203. The topological polar surface area (TPSA) is 157 Å². The second-order valence-electron chi connectivity index (χ2n) is 6.24. The Morgan fingerprint density at radius 3 is 1.75 bits per heavy atom. The molecule has 0 amide bonds. The second-order valence-corrected chi connectivity index (χ2v) is 8.30. The number of aromatic nitrogens is 2. The summed E-state index contributed by atoms with van der Waals surface area (Å²) in [5, 5.41) is 8.05. The van der Waals surface area contributed by atoms with Gasteiger partial charge in [0.2, 0.25) is 0 Å². The molecule has 12 nitrogen and oxygen atoms in total. The first-order chi connectivity index (χ1) is 14.9. The highest BCUT2D eigenvalue weighted by molar-refractivity contribution is 8.00. The van der Waals surface area contributed by atoms with E-state index in [9.17, 15) is 24.0 Å². The highest BCUT2D eigenvalue weighted by atomic mass is 32.2. The summed E-state index contributed by atoms with van der Waals surface area (Å²) >= 11 is 2.34. The molecule has 178 valence electrons. The Bertz CT molecular complexity index is 843. The van der Waals surface area contributed by atoms with E-state index >= 15 is 0 Å². The summed E-state index contributed by atoms with van der Waals surface area (Å²) in [6.45, 7) is 4.98. The Balaban J connectivity index is 3.55. The van der Waals surface area contributed by atoms with Crippen molar-refractivity contribution in [1.29, 1.82) is 0 Å². The molecular weight excluding hydrogens is 468 g/mol. The highest BCUT2D eigenvalue weighted by Crippen LogP contribution is 2.33. The van der Waals surface area contributed by atoms with Crippen molar-refractivity contribution in [2.24, 2.45) is 0 Å². The van der Waals surface area contributed by atoms with Crippen molar-refractivity contribution in [1.82, 2.24) is 10.2 Å². The number of esters is 5. The van der Waals surface area contributed by atoms with Crippen LogP contribution in [0.5, 0.6) is 0 Å². The summed E-state index contributed by atoms with van der Waals surface area (Å²) in [5.41, 5.74) is 0. The molecule has 4 atom stereocenters. The predicted molar refractivity (Wildman–Crippen MR) is 109 cm³/mol. The SMILES string of the molecule is CSc1nnc([C@H](OC(C)=O)[C@@H](OC(C)=O)[C@@H](OC(C)=O)[C@@H](COC(C)=O)OC(C)=O)s1. The number of thioether (sulfide) groups is 1. The Kier molecular flexibility index (Phi) is 11.1. The molecule has 0 unspecified atom stereocenters. The number of hydrogen-bond acceptors (Lipinski definition) is 14.